The molecule has 31 heavy (non-hydrogen) atoms. The number of rotatable bonds is 6. The molecular formula is C26H22N2O2S. The van der Waals surface area contributed by atoms with E-state index < -0.39 is 0 Å². The summed E-state index contributed by atoms with van der Waals surface area (Å²) in [5.41, 5.74) is 4.07. The molecule has 3 aromatic carbocycles. The van der Waals surface area contributed by atoms with Crippen molar-refractivity contribution in [3.05, 3.63) is 108 Å². The minimum atomic E-state index is 0.578. The Balaban J connectivity index is 1.30. The highest BCUT2D eigenvalue weighted by Crippen LogP contribution is 2.26. The molecule has 5 heteroatoms. The third kappa shape index (κ3) is 4.62. The topological polar surface area (TPSA) is 40.2 Å². The van der Waals surface area contributed by atoms with Gasteiger partial charge in [-0.25, -0.2) is 4.98 Å². The van der Waals surface area contributed by atoms with Crippen LogP contribution in [0.2, 0.25) is 0 Å². The zero-order valence-electron chi connectivity index (χ0n) is 17.0. The molecule has 0 amide bonds. The van der Waals surface area contributed by atoms with Crippen LogP contribution in [0.4, 0.5) is 0 Å². The Kier molecular flexibility index (Phi) is 5.67. The molecule has 0 unspecified atom stereocenters. The van der Waals surface area contributed by atoms with Crippen molar-refractivity contribution in [1.82, 2.24) is 9.55 Å². The van der Waals surface area contributed by atoms with E-state index in [9.17, 15) is 0 Å². The van der Waals surface area contributed by atoms with Gasteiger partial charge >= 0.3 is 0 Å². The monoisotopic (exact) mass is 426 g/mol. The van der Waals surface area contributed by atoms with E-state index in [1.165, 1.54) is 22.8 Å². The first-order chi connectivity index (χ1) is 15.3. The number of aryl methyl sites for hydroxylation is 2. The van der Waals surface area contributed by atoms with E-state index in [0.717, 1.165) is 40.5 Å². The highest BCUT2D eigenvalue weighted by Gasteiger charge is 2.10. The zero-order valence-corrected chi connectivity index (χ0v) is 17.8. The Hall–Kier alpha value is -3.57. The first-order valence-electron chi connectivity index (χ1n) is 10.3. The Morgan fingerprint density at radius 1 is 0.806 bits per heavy atom. The maximum Gasteiger partial charge on any atom is 0.169 e. The number of ether oxygens (including phenoxy) is 1. The molecule has 154 valence electrons. The average molecular weight is 427 g/mol. The molecule has 4 nitrogen and oxygen atoms in total. The summed E-state index contributed by atoms with van der Waals surface area (Å²) in [4.78, 5) is 5.90. The van der Waals surface area contributed by atoms with E-state index in [1.54, 1.807) is 0 Å². The summed E-state index contributed by atoms with van der Waals surface area (Å²) in [6, 6.07) is 30.5. The van der Waals surface area contributed by atoms with Gasteiger partial charge in [0.15, 0.2) is 11.4 Å². The quantitative estimate of drug-likeness (QED) is 0.302. The number of fused-ring (bicyclic) bond motifs is 2. The summed E-state index contributed by atoms with van der Waals surface area (Å²) >= 11 is 1.36. The van der Waals surface area contributed by atoms with E-state index in [-0.39, 0.29) is 0 Å². The number of para-hydroxylation sites is 2. The second kappa shape index (κ2) is 9.06. The van der Waals surface area contributed by atoms with Gasteiger partial charge < -0.3 is 13.2 Å². The van der Waals surface area contributed by atoms with Crippen LogP contribution in [-0.2, 0) is 19.6 Å². The molecule has 0 aliphatic carbocycles. The number of nitrogens with zero attached hydrogens (tertiary/aromatic N) is 2. The number of hydrogen-bond acceptors (Lipinski definition) is 4. The van der Waals surface area contributed by atoms with Crippen LogP contribution in [0, 0.1) is 0 Å². The van der Waals surface area contributed by atoms with Crippen LogP contribution in [0.25, 0.3) is 21.8 Å². The highest BCUT2D eigenvalue weighted by atomic mass is 32.1. The predicted molar refractivity (Wildman–Crippen MR) is 125 cm³/mol. The Morgan fingerprint density at radius 2 is 1.61 bits per heavy atom. The van der Waals surface area contributed by atoms with Gasteiger partial charge in [0, 0.05) is 24.4 Å². The lowest BCUT2D eigenvalue weighted by molar-refractivity contribution is 0.306. The number of hydrogen-bond donors (Lipinski definition) is 0. The van der Waals surface area contributed by atoms with Gasteiger partial charge in [-0.3, -0.25) is 0 Å². The van der Waals surface area contributed by atoms with Crippen molar-refractivity contribution in [2.24, 2.45) is 0 Å². The van der Waals surface area contributed by atoms with Crippen LogP contribution in [-0.4, -0.2) is 9.55 Å². The van der Waals surface area contributed by atoms with Crippen LogP contribution in [0.3, 0.4) is 0 Å². The van der Waals surface area contributed by atoms with E-state index in [0.29, 0.717) is 6.61 Å². The molecule has 0 saturated carbocycles. The largest absolute Gasteiger partial charge is 0.489 e. The van der Waals surface area contributed by atoms with Gasteiger partial charge in [-0.2, -0.15) is 0 Å². The first-order valence-corrected chi connectivity index (χ1v) is 11.0. The van der Waals surface area contributed by atoms with E-state index in [2.05, 4.69) is 35.0 Å². The summed E-state index contributed by atoms with van der Waals surface area (Å²) < 4.78 is 13.9. The minimum Gasteiger partial charge on any atom is -0.489 e. The molecule has 0 N–H and O–H groups in total. The van der Waals surface area contributed by atoms with Crippen LogP contribution in [0.1, 0.15) is 11.1 Å². The molecule has 0 fully saturated rings. The normalized spacial score (nSPS) is 11.0. The van der Waals surface area contributed by atoms with E-state index >= 15 is 0 Å². The van der Waals surface area contributed by atoms with Crippen LogP contribution in [0.15, 0.2) is 101 Å². The number of aromatic nitrogens is 2. The maximum atomic E-state index is 5.89. The van der Waals surface area contributed by atoms with E-state index in [1.807, 2.05) is 66.7 Å². The second-order valence-corrected chi connectivity index (χ2v) is 8.08. The lowest BCUT2D eigenvalue weighted by Gasteiger charge is -2.12. The van der Waals surface area contributed by atoms with Crippen molar-refractivity contribution in [1.29, 1.82) is 0 Å². The van der Waals surface area contributed by atoms with Gasteiger partial charge in [0.1, 0.15) is 22.8 Å². The Bertz CT molecular complexity index is 1280. The van der Waals surface area contributed by atoms with Gasteiger partial charge in [0.2, 0.25) is 0 Å². The van der Waals surface area contributed by atoms with Gasteiger partial charge in [0.25, 0.3) is 0 Å². The molecule has 0 radical (unpaired) electrons. The minimum absolute atomic E-state index is 0.578. The SMILES string of the molecule is c1ccc(COc2ccc(CCn3cccc4soc5ccccc5nc3-4)cc2)cc1. The molecule has 2 heterocycles. The van der Waals surface area contributed by atoms with Crippen molar-refractivity contribution in [3.8, 4) is 16.5 Å². The molecule has 2 aliphatic rings. The van der Waals surface area contributed by atoms with Gasteiger partial charge in [-0.05, 0) is 53.9 Å². The number of pyridine rings is 1. The summed E-state index contributed by atoms with van der Waals surface area (Å²) in [5.74, 6) is 1.81. The highest BCUT2D eigenvalue weighted by molar-refractivity contribution is 7.06. The first kappa shape index (κ1) is 19.4. The van der Waals surface area contributed by atoms with Gasteiger partial charge in [0.05, 0.1) is 0 Å². The Morgan fingerprint density at radius 3 is 2.48 bits per heavy atom. The molecule has 0 saturated heterocycles. The molecule has 5 rings (SSSR count). The van der Waals surface area contributed by atoms with Crippen molar-refractivity contribution < 1.29 is 8.59 Å². The molecule has 0 aromatic heterocycles. The molecule has 0 bridgehead atoms. The maximum absolute atomic E-state index is 5.89. The zero-order chi connectivity index (χ0) is 20.9. The predicted octanol–water partition coefficient (Wildman–Crippen LogP) is 6.74. The third-order valence-corrected chi connectivity index (χ3v) is 5.89. The molecule has 0 atom stereocenters. The summed E-state index contributed by atoms with van der Waals surface area (Å²) in [6.45, 7) is 1.41. The van der Waals surface area contributed by atoms with Crippen LogP contribution < -0.4 is 4.74 Å². The van der Waals surface area contributed by atoms with Gasteiger partial charge in [-0.15, -0.1) is 0 Å². The molecule has 2 aliphatic heterocycles. The van der Waals surface area contributed by atoms with Crippen molar-refractivity contribution in [3.63, 3.8) is 0 Å². The smallest absolute Gasteiger partial charge is 0.169 e. The Labute approximate surface area is 185 Å². The summed E-state index contributed by atoms with van der Waals surface area (Å²) in [7, 11) is 0. The van der Waals surface area contributed by atoms with Crippen molar-refractivity contribution in [2.75, 3.05) is 0 Å². The lowest BCUT2D eigenvalue weighted by Crippen LogP contribution is -2.06. The van der Waals surface area contributed by atoms with E-state index in [4.69, 9.17) is 13.6 Å². The van der Waals surface area contributed by atoms with Crippen molar-refractivity contribution in [2.45, 2.75) is 19.6 Å². The molecule has 0 spiro atoms. The summed E-state index contributed by atoms with van der Waals surface area (Å²) in [6.07, 6.45) is 2.98. The van der Waals surface area contributed by atoms with Crippen LogP contribution in [0.5, 0.6) is 5.75 Å². The molecule has 3 aromatic rings. The molecular weight excluding hydrogens is 404 g/mol. The fraction of sp³-hybridized carbons (Fsp3) is 0.115. The average Bonchev–Trinajstić information content (AvgIpc) is 3.02. The number of benzene rings is 3. The van der Waals surface area contributed by atoms with Gasteiger partial charge in [-0.1, -0.05) is 54.6 Å². The lowest BCUT2D eigenvalue weighted by atomic mass is 10.1. The third-order valence-electron chi connectivity index (χ3n) is 5.13. The fourth-order valence-corrected chi connectivity index (χ4v) is 4.14. The standard InChI is InChI=1S/C26H22N2O2S/c1-2-7-21(8-3-1)19-29-22-14-12-20(13-15-22)16-18-28-17-6-11-25-26(28)27-23-9-4-5-10-24(23)30-31-25/h1-15,17H,16,18-19H2. The second-order valence-electron chi connectivity index (χ2n) is 7.30. The van der Waals surface area contributed by atoms with Crippen molar-refractivity contribution >= 4 is 22.7 Å². The van der Waals surface area contributed by atoms with Crippen LogP contribution >= 0.6 is 11.6 Å². The summed E-state index contributed by atoms with van der Waals surface area (Å²) in [5, 5.41) is 0. The fourth-order valence-electron chi connectivity index (χ4n) is 3.45.